The van der Waals surface area contributed by atoms with Crippen LogP contribution in [0.3, 0.4) is 0 Å². The summed E-state index contributed by atoms with van der Waals surface area (Å²) in [4.78, 5) is 0. The fourth-order valence-electron chi connectivity index (χ4n) is 2.60. The molecule has 1 N–H and O–H groups in total. The van der Waals surface area contributed by atoms with E-state index in [9.17, 15) is 0 Å². The van der Waals surface area contributed by atoms with Crippen LogP contribution in [0.1, 0.15) is 50.5 Å². The SMILES string of the molecule is C[C@@H](CNCCC1=CCCCC1)c1ccccc1. The highest BCUT2D eigenvalue weighted by molar-refractivity contribution is 5.19. The predicted molar refractivity (Wildman–Crippen MR) is 78.9 cm³/mol. The minimum Gasteiger partial charge on any atom is -0.316 e. The first-order valence-corrected chi connectivity index (χ1v) is 7.30. The molecule has 0 heterocycles. The van der Waals surface area contributed by atoms with Gasteiger partial charge < -0.3 is 5.32 Å². The van der Waals surface area contributed by atoms with Crippen molar-refractivity contribution in [2.75, 3.05) is 13.1 Å². The molecule has 0 saturated heterocycles. The van der Waals surface area contributed by atoms with E-state index in [0.29, 0.717) is 5.92 Å². The van der Waals surface area contributed by atoms with Crippen LogP contribution in [0.4, 0.5) is 0 Å². The van der Waals surface area contributed by atoms with E-state index in [2.05, 4.69) is 48.6 Å². The summed E-state index contributed by atoms with van der Waals surface area (Å²) in [5.74, 6) is 0.603. The van der Waals surface area contributed by atoms with Crippen molar-refractivity contribution in [2.24, 2.45) is 0 Å². The van der Waals surface area contributed by atoms with Crippen LogP contribution in [0, 0.1) is 0 Å². The number of allylic oxidation sites excluding steroid dienone is 1. The second-order valence-corrected chi connectivity index (χ2v) is 5.37. The highest BCUT2D eigenvalue weighted by atomic mass is 14.8. The van der Waals surface area contributed by atoms with E-state index in [-0.39, 0.29) is 0 Å². The van der Waals surface area contributed by atoms with Crippen LogP contribution < -0.4 is 5.32 Å². The Labute approximate surface area is 111 Å². The summed E-state index contributed by atoms with van der Waals surface area (Å²) in [6.07, 6.45) is 9.10. The predicted octanol–water partition coefficient (Wildman–Crippen LogP) is 4.27. The lowest BCUT2D eigenvalue weighted by Crippen LogP contribution is -2.21. The van der Waals surface area contributed by atoms with Gasteiger partial charge in [-0.05, 0) is 50.1 Å². The molecule has 0 spiro atoms. The maximum atomic E-state index is 3.59. The standard InChI is InChI=1S/C17H25N/c1-15(17-10-6-3-7-11-17)14-18-13-12-16-8-4-2-5-9-16/h3,6-8,10-11,15,18H,2,4-5,9,12-14H2,1H3/t15-/m0/s1. The fourth-order valence-corrected chi connectivity index (χ4v) is 2.60. The Bertz CT molecular complexity index is 366. The number of rotatable bonds is 6. The summed E-state index contributed by atoms with van der Waals surface area (Å²) < 4.78 is 0. The van der Waals surface area contributed by atoms with Gasteiger partial charge in [-0.3, -0.25) is 0 Å². The van der Waals surface area contributed by atoms with Gasteiger partial charge in [0.05, 0.1) is 0 Å². The molecule has 1 aliphatic carbocycles. The molecule has 0 fully saturated rings. The zero-order valence-corrected chi connectivity index (χ0v) is 11.5. The van der Waals surface area contributed by atoms with Crippen LogP contribution >= 0.6 is 0 Å². The van der Waals surface area contributed by atoms with Gasteiger partial charge in [0.1, 0.15) is 0 Å². The Morgan fingerprint density at radius 3 is 2.72 bits per heavy atom. The summed E-state index contributed by atoms with van der Waals surface area (Å²) in [7, 11) is 0. The Balaban J connectivity index is 1.65. The Hall–Kier alpha value is -1.08. The van der Waals surface area contributed by atoms with E-state index < -0.39 is 0 Å². The molecule has 0 unspecified atom stereocenters. The quantitative estimate of drug-likeness (QED) is 0.581. The zero-order chi connectivity index (χ0) is 12.6. The second-order valence-electron chi connectivity index (χ2n) is 5.37. The van der Waals surface area contributed by atoms with Crippen LogP contribution in [-0.2, 0) is 0 Å². The molecule has 1 aromatic rings. The molecule has 0 saturated carbocycles. The highest BCUT2D eigenvalue weighted by Gasteiger charge is 2.05. The summed E-state index contributed by atoms with van der Waals surface area (Å²) in [5, 5.41) is 3.59. The van der Waals surface area contributed by atoms with Gasteiger partial charge in [-0.15, -0.1) is 0 Å². The lowest BCUT2D eigenvalue weighted by atomic mass is 9.97. The summed E-state index contributed by atoms with van der Waals surface area (Å²) in [6, 6.07) is 10.8. The molecule has 0 aliphatic heterocycles. The monoisotopic (exact) mass is 243 g/mol. The molecule has 98 valence electrons. The molecule has 2 rings (SSSR count). The van der Waals surface area contributed by atoms with E-state index in [1.807, 2.05) is 0 Å². The van der Waals surface area contributed by atoms with Gasteiger partial charge in [-0.25, -0.2) is 0 Å². The van der Waals surface area contributed by atoms with Crippen LogP contribution in [-0.4, -0.2) is 13.1 Å². The van der Waals surface area contributed by atoms with Gasteiger partial charge in [-0.1, -0.05) is 48.9 Å². The van der Waals surface area contributed by atoms with Crippen LogP contribution in [0.25, 0.3) is 0 Å². The molecule has 1 atom stereocenters. The fraction of sp³-hybridized carbons (Fsp3) is 0.529. The molecule has 1 aromatic carbocycles. The summed E-state index contributed by atoms with van der Waals surface area (Å²) >= 11 is 0. The number of hydrogen-bond acceptors (Lipinski definition) is 1. The number of benzene rings is 1. The lowest BCUT2D eigenvalue weighted by molar-refractivity contribution is 0.596. The van der Waals surface area contributed by atoms with E-state index in [1.54, 1.807) is 5.57 Å². The van der Waals surface area contributed by atoms with Gasteiger partial charge in [0, 0.05) is 6.54 Å². The van der Waals surface area contributed by atoms with Crippen molar-refractivity contribution in [3.05, 3.63) is 47.5 Å². The normalized spacial score (nSPS) is 17.3. The molecule has 1 nitrogen and oxygen atoms in total. The first kappa shape index (κ1) is 13.4. The molecule has 0 radical (unpaired) electrons. The molecule has 0 bridgehead atoms. The first-order valence-electron chi connectivity index (χ1n) is 7.30. The van der Waals surface area contributed by atoms with E-state index in [4.69, 9.17) is 0 Å². The molecule has 1 heteroatoms. The maximum Gasteiger partial charge on any atom is 0.00176 e. The van der Waals surface area contributed by atoms with Crippen LogP contribution in [0.2, 0.25) is 0 Å². The second kappa shape index (κ2) is 7.38. The third kappa shape index (κ3) is 4.30. The average molecular weight is 243 g/mol. The zero-order valence-electron chi connectivity index (χ0n) is 11.5. The molecule has 0 amide bonds. The van der Waals surface area contributed by atoms with Crippen molar-refractivity contribution in [3.63, 3.8) is 0 Å². The Morgan fingerprint density at radius 2 is 2.00 bits per heavy atom. The third-order valence-corrected chi connectivity index (χ3v) is 3.83. The minimum atomic E-state index is 0.603. The average Bonchev–Trinajstić information content (AvgIpc) is 2.45. The maximum absolute atomic E-state index is 3.59. The van der Waals surface area contributed by atoms with Crippen LogP contribution in [0.15, 0.2) is 42.0 Å². The third-order valence-electron chi connectivity index (χ3n) is 3.83. The van der Waals surface area contributed by atoms with Crippen molar-refractivity contribution in [1.82, 2.24) is 5.32 Å². The first-order chi connectivity index (χ1) is 8.86. The molecule has 18 heavy (non-hydrogen) atoms. The largest absolute Gasteiger partial charge is 0.316 e. The van der Waals surface area contributed by atoms with Crippen molar-refractivity contribution >= 4 is 0 Å². The Kier molecular flexibility index (Phi) is 5.47. The minimum absolute atomic E-state index is 0.603. The molecular weight excluding hydrogens is 218 g/mol. The van der Waals surface area contributed by atoms with Crippen LogP contribution in [0.5, 0.6) is 0 Å². The molecule has 0 aromatic heterocycles. The van der Waals surface area contributed by atoms with E-state index in [1.165, 1.54) is 37.7 Å². The molecule has 1 aliphatic rings. The lowest BCUT2D eigenvalue weighted by Gasteiger charge is -2.15. The smallest absolute Gasteiger partial charge is 0.00176 e. The van der Waals surface area contributed by atoms with Gasteiger partial charge in [-0.2, -0.15) is 0 Å². The Morgan fingerprint density at radius 1 is 1.17 bits per heavy atom. The summed E-state index contributed by atoms with van der Waals surface area (Å²) in [6.45, 7) is 4.50. The van der Waals surface area contributed by atoms with E-state index in [0.717, 1.165) is 13.1 Å². The highest BCUT2D eigenvalue weighted by Crippen LogP contribution is 2.19. The van der Waals surface area contributed by atoms with Gasteiger partial charge in [0.2, 0.25) is 0 Å². The number of nitrogens with one attached hydrogen (secondary N) is 1. The van der Waals surface area contributed by atoms with Crippen molar-refractivity contribution < 1.29 is 0 Å². The molecular formula is C17H25N. The van der Waals surface area contributed by atoms with Gasteiger partial charge in [0.25, 0.3) is 0 Å². The number of hydrogen-bond donors (Lipinski definition) is 1. The van der Waals surface area contributed by atoms with Gasteiger partial charge >= 0.3 is 0 Å². The van der Waals surface area contributed by atoms with Crippen molar-refractivity contribution in [3.8, 4) is 0 Å². The topological polar surface area (TPSA) is 12.0 Å². The van der Waals surface area contributed by atoms with Crippen molar-refractivity contribution in [1.29, 1.82) is 0 Å². The van der Waals surface area contributed by atoms with Gasteiger partial charge in [0.15, 0.2) is 0 Å². The van der Waals surface area contributed by atoms with Crippen molar-refractivity contribution in [2.45, 2.75) is 44.9 Å². The summed E-state index contributed by atoms with van der Waals surface area (Å²) in [5.41, 5.74) is 3.10. The van der Waals surface area contributed by atoms with E-state index >= 15 is 0 Å².